The SMILES string of the molecule is CNC[C@H]1Cc2cccc(-c3cccc(C)c3C)c2O1. The smallest absolute Gasteiger partial charge is 0.130 e. The summed E-state index contributed by atoms with van der Waals surface area (Å²) < 4.78 is 6.17. The summed E-state index contributed by atoms with van der Waals surface area (Å²) in [5, 5.41) is 3.20. The van der Waals surface area contributed by atoms with Crippen LogP contribution in [0.5, 0.6) is 5.75 Å². The Morgan fingerprint density at radius 2 is 1.85 bits per heavy atom. The van der Waals surface area contributed by atoms with Crippen molar-refractivity contribution in [1.29, 1.82) is 0 Å². The number of hydrogen-bond acceptors (Lipinski definition) is 2. The van der Waals surface area contributed by atoms with Crippen LogP contribution in [-0.2, 0) is 6.42 Å². The average molecular weight is 267 g/mol. The number of fused-ring (bicyclic) bond motifs is 1. The van der Waals surface area contributed by atoms with Crippen molar-refractivity contribution in [2.45, 2.75) is 26.4 Å². The molecule has 0 unspecified atom stereocenters. The van der Waals surface area contributed by atoms with E-state index in [1.807, 2.05) is 7.05 Å². The molecule has 2 aromatic carbocycles. The predicted octanol–water partition coefficient (Wildman–Crippen LogP) is 3.49. The first-order valence-electron chi connectivity index (χ1n) is 7.20. The van der Waals surface area contributed by atoms with Crippen LogP contribution < -0.4 is 10.1 Å². The molecule has 0 spiro atoms. The molecule has 2 nitrogen and oxygen atoms in total. The van der Waals surface area contributed by atoms with Crippen molar-refractivity contribution in [2.75, 3.05) is 13.6 Å². The number of nitrogens with one attached hydrogen (secondary N) is 1. The number of aryl methyl sites for hydroxylation is 1. The van der Waals surface area contributed by atoms with Crippen LogP contribution in [0, 0.1) is 13.8 Å². The molecule has 104 valence electrons. The van der Waals surface area contributed by atoms with Gasteiger partial charge in [0.25, 0.3) is 0 Å². The average Bonchev–Trinajstić information content (AvgIpc) is 2.85. The van der Waals surface area contributed by atoms with Crippen molar-refractivity contribution in [3.05, 3.63) is 53.1 Å². The van der Waals surface area contributed by atoms with Gasteiger partial charge in [0, 0.05) is 18.5 Å². The number of hydrogen-bond donors (Lipinski definition) is 1. The maximum absolute atomic E-state index is 6.17. The number of rotatable bonds is 3. The zero-order chi connectivity index (χ0) is 14.1. The second-order valence-corrected chi connectivity index (χ2v) is 5.54. The molecule has 2 aromatic rings. The zero-order valence-corrected chi connectivity index (χ0v) is 12.4. The van der Waals surface area contributed by atoms with Crippen molar-refractivity contribution in [3.63, 3.8) is 0 Å². The molecule has 20 heavy (non-hydrogen) atoms. The number of ether oxygens (including phenoxy) is 1. The lowest BCUT2D eigenvalue weighted by atomic mass is 9.95. The van der Waals surface area contributed by atoms with Crippen LogP contribution in [0.15, 0.2) is 36.4 Å². The van der Waals surface area contributed by atoms with Gasteiger partial charge in [-0.1, -0.05) is 36.4 Å². The first kappa shape index (κ1) is 13.2. The van der Waals surface area contributed by atoms with Gasteiger partial charge in [0.2, 0.25) is 0 Å². The molecular formula is C18H21NO. The quantitative estimate of drug-likeness (QED) is 0.919. The largest absolute Gasteiger partial charge is 0.488 e. The minimum atomic E-state index is 0.251. The van der Waals surface area contributed by atoms with Crippen LogP contribution in [0.4, 0.5) is 0 Å². The highest BCUT2D eigenvalue weighted by atomic mass is 16.5. The molecule has 0 saturated heterocycles. The second kappa shape index (κ2) is 5.29. The molecule has 0 amide bonds. The third kappa shape index (κ3) is 2.20. The third-order valence-corrected chi connectivity index (χ3v) is 4.16. The summed E-state index contributed by atoms with van der Waals surface area (Å²) in [4.78, 5) is 0. The molecule has 1 aliphatic rings. The fraction of sp³-hybridized carbons (Fsp3) is 0.333. The van der Waals surface area contributed by atoms with Gasteiger partial charge in [0.15, 0.2) is 0 Å². The molecular weight excluding hydrogens is 246 g/mol. The summed E-state index contributed by atoms with van der Waals surface area (Å²) in [6, 6.07) is 13.0. The van der Waals surface area contributed by atoms with Crippen molar-refractivity contribution in [3.8, 4) is 16.9 Å². The summed E-state index contributed by atoms with van der Waals surface area (Å²) in [7, 11) is 1.97. The summed E-state index contributed by atoms with van der Waals surface area (Å²) in [5.74, 6) is 1.07. The van der Waals surface area contributed by atoms with Gasteiger partial charge in [0.05, 0.1) is 0 Å². The summed E-state index contributed by atoms with van der Waals surface area (Å²) in [5.41, 5.74) is 6.49. The molecule has 0 aromatic heterocycles. The molecule has 1 N–H and O–H groups in total. The number of para-hydroxylation sites is 1. The van der Waals surface area contributed by atoms with Crippen molar-refractivity contribution < 1.29 is 4.74 Å². The normalized spacial score (nSPS) is 16.9. The fourth-order valence-electron chi connectivity index (χ4n) is 2.93. The highest BCUT2D eigenvalue weighted by Gasteiger charge is 2.25. The third-order valence-electron chi connectivity index (χ3n) is 4.16. The highest BCUT2D eigenvalue weighted by molar-refractivity contribution is 5.76. The van der Waals surface area contributed by atoms with Gasteiger partial charge < -0.3 is 10.1 Å². The Morgan fingerprint density at radius 3 is 2.65 bits per heavy atom. The topological polar surface area (TPSA) is 21.3 Å². The van der Waals surface area contributed by atoms with E-state index in [9.17, 15) is 0 Å². The monoisotopic (exact) mass is 267 g/mol. The summed E-state index contributed by atoms with van der Waals surface area (Å²) in [6.45, 7) is 5.23. The van der Waals surface area contributed by atoms with Crippen LogP contribution >= 0.6 is 0 Å². The molecule has 1 atom stereocenters. The molecule has 0 saturated carbocycles. The Kier molecular flexibility index (Phi) is 3.49. The van der Waals surface area contributed by atoms with Crippen LogP contribution in [0.3, 0.4) is 0 Å². The van der Waals surface area contributed by atoms with Crippen LogP contribution in [-0.4, -0.2) is 19.7 Å². The lowest BCUT2D eigenvalue weighted by Crippen LogP contribution is -2.27. The zero-order valence-electron chi connectivity index (χ0n) is 12.4. The lowest BCUT2D eigenvalue weighted by Gasteiger charge is -2.14. The van der Waals surface area contributed by atoms with E-state index in [1.165, 1.54) is 27.8 Å². The molecule has 0 aliphatic carbocycles. The standard InChI is InChI=1S/C18H21NO/c1-12-6-4-8-16(13(12)2)17-9-5-7-14-10-15(11-19-3)20-18(14)17/h4-9,15,19H,10-11H2,1-3H3/t15-/m1/s1. The number of likely N-dealkylation sites (N-methyl/N-ethyl adjacent to an activating group) is 1. The van der Waals surface area contributed by atoms with Gasteiger partial charge in [-0.25, -0.2) is 0 Å². The minimum Gasteiger partial charge on any atom is -0.488 e. The second-order valence-electron chi connectivity index (χ2n) is 5.54. The molecule has 1 heterocycles. The summed E-state index contributed by atoms with van der Waals surface area (Å²) >= 11 is 0. The minimum absolute atomic E-state index is 0.251. The van der Waals surface area contributed by atoms with E-state index in [0.717, 1.165) is 18.7 Å². The van der Waals surface area contributed by atoms with Crippen LogP contribution in [0.1, 0.15) is 16.7 Å². The molecule has 0 bridgehead atoms. The van der Waals surface area contributed by atoms with Crippen LogP contribution in [0.25, 0.3) is 11.1 Å². The van der Waals surface area contributed by atoms with Gasteiger partial charge in [-0.2, -0.15) is 0 Å². The van der Waals surface area contributed by atoms with Crippen molar-refractivity contribution >= 4 is 0 Å². The first-order valence-corrected chi connectivity index (χ1v) is 7.20. The Labute approximate surface area is 120 Å². The Morgan fingerprint density at radius 1 is 1.10 bits per heavy atom. The fourth-order valence-corrected chi connectivity index (χ4v) is 2.93. The van der Waals surface area contributed by atoms with Gasteiger partial charge >= 0.3 is 0 Å². The Balaban J connectivity index is 2.05. The lowest BCUT2D eigenvalue weighted by molar-refractivity contribution is 0.232. The molecule has 0 fully saturated rings. The van der Waals surface area contributed by atoms with Gasteiger partial charge in [-0.3, -0.25) is 0 Å². The van der Waals surface area contributed by atoms with Crippen molar-refractivity contribution in [1.82, 2.24) is 5.32 Å². The van der Waals surface area contributed by atoms with E-state index >= 15 is 0 Å². The highest BCUT2D eigenvalue weighted by Crippen LogP contribution is 2.40. The predicted molar refractivity (Wildman–Crippen MR) is 83.4 cm³/mol. The van der Waals surface area contributed by atoms with Crippen LogP contribution in [0.2, 0.25) is 0 Å². The van der Waals surface area contributed by atoms with E-state index < -0.39 is 0 Å². The van der Waals surface area contributed by atoms with E-state index in [2.05, 4.69) is 55.6 Å². The maximum Gasteiger partial charge on any atom is 0.130 e. The Bertz CT molecular complexity index is 633. The van der Waals surface area contributed by atoms with Gasteiger partial charge in [-0.15, -0.1) is 0 Å². The molecule has 1 aliphatic heterocycles. The van der Waals surface area contributed by atoms with Crippen molar-refractivity contribution in [2.24, 2.45) is 0 Å². The van der Waals surface area contributed by atoms with Gasteiger partial charge in [0.1, 0.15) is 11.9 Å². The summed E-state index contributed by atoms with van der Waals surface area (Å²) in [6.07, 6.45) is 1.25. The molecule has 0 radical (unpaired) electrons. The Hall–Kier alpha value is -1.80. The molecule has 2 heteroatoms. The number of benzene rings is 2. The van der Waals surface area contributed by atoms with Gasteiger partial charge in [-0.05, 0) is 43.1 Å². The van der Waals surface area contributed by atoms with E-state index in [4.69, 9.17) is 4.74 Å². The van der Waals surface area contributed by atoms with E-state index in [-0.39, 0.29) is 6.10 Å². The maximum atomic E-state index is 6.17. The van der Waals surface area contributed by atoms with E-state index in [0.29, 0.717) is 0 Å². The van der Waals surface area contributed by atoms with E-state index in [1.54, 1.807) is 0 Å². The first-order chi connectivity index (χ1) is 9.70. The molecule has 3 rings (SSSR count).